The molecular weight excluding hydrogens is 148 g/mol. The van der Waals surface area contributed by atoms with Gasteiger partial charge in [-0.05, 0) is 19.9 Å². The molecule has 62 valence electrons. The average molecular weight is 160 g/mol. The van der Waals surface area contributed by atoms with Crippen LogP contribution in [-0.2, 0) is 0 Å². The van der Waals surface area contributed by atoms with Gasteiger partial charge in [0.05, 0.1) is 5.36 Å². The predicted octanol–water partition coefficient (Wildman–Crippen LogP) is 0.384. The van der Waals surface area contributed by atoms with Crippen LogP contribution < -0.4 is 15.9 Å². The van der Waals surface area contributed by atoms with E-state index in [1.54, 1.807) is 0 Å². The van der Waals surface area contributed by atoms with Crippen LogP contribution in [-0.4, -0.2) is 5.66 Å². The van der Waals surface area contributed by atoms with Crippen molar-refractivity contribution in [2.45, 2.75) is 19.5 Å². The van der Waals surface area contributed by atoms with E-state index in [9.17, 15) is 0 Å². The van der Waals surface area contributed by atoms with E-state index in [4.69, 9.17) is 0 Å². The molecule has 2 rings (SSSR count). The number of nitrogens with zero attached hydrogens (tertiary/aromatic N) is 1. The van der Waals surface area contributed by atoms with Gasteiger partial charge in [0, 0.05) is 11.4 Å². The molecular formula is C10H12N2. The lowest BCUT2D eigenvalue weighted by Gasteiger charge is -2.22. The number of nitrogens with one attached hydrogen (secondary N) is 1. The van der Waals surface area contributed by atoms with Crippen LogP contribution >= 0.6 is 0 Å². The van der Waals surface area contributed by atoms with Crippen LogP contribution in [0.5, 0.6) is 0 Å². The summed E-state index contributed by atoms with van der Waals surface area (Å²) in [6.45, 7) is 4.11. The first-order valence-electron chi connectivity index (χ1n) is 4.10. The highest BCUT2D eigenvalue weighted by Crippen LogP contribution is 2.02. The topological polar surface area (TPSA) is 24.4 Å². The molecule has 2 heteroatoms. The SMILES string of the molecule is CC1(C)N=c2ccccc2=CN1. The zero-order valence-corrected chi connectivity index (χ0v) is 7.33. The van der Waals surface area contributed by atoms with Gasteiger partial charge in [-0.25, -0.2) is 0 Å². The Labute approximate surface area is 71.6 Å². The lowest BCUT2D eigenvalue weighted by atomic mass is 10.2. The molecule has 1 aliphatic heterocycles. The van der Waals surface area contributed by atoms with Crippen LogP contribution in [0.1, 0.15) is 13.8 Å². The molecule has 0 saturated heterocycles. The molecule has 1 aromatic rings. The van der Waals surface area contributed by atoms with Crippen molar-refractivity contribution in [2.24, 2.45) is 4.99 Å². The lowest BCUT2D eigenvalue weighted by molar-refractivity contribution is 0.462. The van der Waals surface area contributed by atoms with Crippen molar-refractivity contribution in [3.63, 3.8) is 0 Å². The maximum atomic E-state index is 4.54. The fraction of sp³-hybridized carbons (Fsp3) is 0.300. The molecule has 1 aromatic carbocycles. The number of rotatable bonds is 0. The fourth-order valence-corrected chi connectivity index (χ4v) is 1.30. The van der Waals surface area contributed by atoms with Gasteiger partial charge in [0.15, 0.2) is 0 Å². The van der Waals surface area contributed by atoms with Crippen LogP contribution in [0.3, 0.4) is 0 Å². The molecule has 0 aliphatic carbocycles. The van der Waals surface area contributed by atoms with Crippen LogP contribution in [0.4, 0.5) is 0 Å². The number of para-hydroxylation sites is 1. The normalized spacial score (nSPS) is 18.2. The number of fused-ring (bicyclic) bond motifs is 1. The minimum atomic E-state index is -0.158. The summed E-state index contributed by atoms with van der Waals surface area (Å²) in [4.78, 5) is 4.54. The van der Waals surface area contributed by atoms with E-state index in [1.807, 2.05) is 24.4 Å². The molecule has 0 saturated carbocycles. The summed E-state index contributed by atoms with van der Waals surface area (Å²) >= 11 is 0. The van der Waals surface area contributed by atoms with Gasteiger partial charge in [-0.2, -0.15) is 0 Å². The summed E-state index contributed by atoms with van der Waals surface area (Å²) in [5, 5.41) is 5.46. The third-order valence-electron chi connectivity index (χ3n) is 1.92. The standard InChI is InChI=1S/C10H12N2/c1-10(2)11-7-8-5-3-4-6-9(8)12-10/h3-7,11H,1-2H3. The van der Waals surface area contributed by atoms with Gasteiger partial charge in [-0.3, -0.25) is 4.99 Å². The Balaban J connectivity index is 2.72. The lowest BCUT2D eigenvalue weighted by Crippen LogP contribution is -2.44. The Kier molecular flexibility index (Phi) is 1.43. The minimum Gasteiger partial charge on any atom is -0.367 e. The molecule has 0 aromatic heterocycles. The van der Waals surface area contributed by atoms with E-state index in [0.29, 0.717) is 0 Å². The first-order valence-corrected chi connectivity index (χ1v) is 4.10. The van der Waals surface area contributed by atoms with E-state index < -0.39 is 0 Å². The molecule has 12 heavy (non-hydrogen) atoms. The summed E-state index contributed by atoms with van der Waals surface area (Å²) in [5.74, 6) is 0. The average Bonchev–Trinajstić information content (AvgIpc) is 2.02. The number of hydrogen-bond acceptors (Lipinski definition) is 2. The Morgan fingerprint density at radius 3 is 2.83 bits per heavy atom. The first kappa shape index (κ1) is 7.35. The highest BCUT2D eigenvalue weighted by Gasteiger charge is 2.14. The van der Waals surface area contributed by atoms with E-state index in [2.05, 4.69) is 30.2 Å². The van der Waals surface area contributed by atoms with Crippen molar-refractivity contribution >= 4 is 6.20 Å². The molecule has 0 fully saturated rings. The Hall–Kier alpha value is -1.31. The maximum Gasteiger partial charge on any atom is 0.124 e. The fourth-order valence-electron chi connectivity index (χ4n) is 1.30. The van der Waals surface area contributed by atoms with Crippen LogP contribution in [0, 0.1) is 0 Å². The van der Waals surface area contributed by atoms with E-state index in [1.165, 1.54) is 0 Å². The highest BCUT2D eigenvalue weighted by atomic mass is 15.1. The van der Waals surface area contributed by atoms with Crippen molar-refractivity contribution < 1.29 is 0 Å². The molecule has 0 atom stereocenters. The predicted molar refractivity (Wildman–Crippen MR) is 48.9 cm³/mol. The largest absolute Gasteiger partial charge is 0.367 e. The van der Waals surface area contributed by atoms with E-state index in [0.717, 1.165) is 10.6 Å². The van der Waals surface area contributed by atoms with Crippen molar-refractivity contribution in [3.8, 4) is 0 Å². The van der Waals surface area contributed by atoms with Gasteiger partial charge < -0.3 is 5.32 Å². The smallest absolute Gasteiger partial charge is 0.124 e. The molecule has 0 unspecified atom stereocenters. The van der Waals surface area contributed by atoms with Crippen molar-refractivity contribution in [2.75, 3.05) is 0 Å². The van der Waals surface area contributed by atoms with Gasteiger partial charge >= 0.3 is 0 Å². The number of hydrogen-bond donors (Lipinski definition) is 1. The van der Waals surface area contributed by atoms with Crippen molar-refractivity contribution in [1.82, 2.24) is 5.32 Å². The van der Waals surface area contributed by atoms with E-state index >= 15 is 0 Å². The van der Waals surface area contributed by atoms with Gasteiger partial charge in [0.2, 0.25) is 0 Å². The molecule has 1 N–H and O–H groups in total. The van der Waals surface area contributed by atoms with E-state index in [-0.39, 0.29) is 5.66 Å². The Morgan fingerprint density at radius 1 is 1.25 bits per heavy atom. The molecule has 0 bridgehead atoms. The summed E-state index contributed by atoms with van der Waals surface area (Å²) in [6, 6.07) is 8.12. The Morgan fingerprint density at radius 2 is 2.00 bits per heavy atom. The van der Waals surface area contributed by atoms with Crippen LogP contribution in [0.2, 0.25) is 0 Å². The molecule has 0 amide bonds. The van der Waals surface area contributed by atoms with Gasteiger partial charge in [-0.15, -0.1) is 0 Å². The summed E-state index contributed by atoms with van der Waals surface area (Å²) in [5.41, 5.74) is -0.158. The third-order valence-corrected chi connectivity index (χ3v) is 1.92. The van der Waals surface area contributed by atoms with Gasteiger partial charge in [0.25, 0.3) is 0 Å². The molecule has 1 heterocycles. The molecule has 0 radical (unpaired) electrons. The first-order chi connectivity index (χ1) is 5.67. The summed E-state index contributed by atoms with van der Waals surface area (Å²) < 4.78 is 0. The van der Waals surface area contributed by atoms with Gasteiger partial charge in [0.1, 0.15) is 5.66 Å². The minimum absolute atomic E-state index is 0.158. The van der Waals surface area contributed by atoms with Crippen LogP contribution in [0.25, 0.3) is 6.20 Å². The maximum absolute atomic E-state index is 4.54. The summed E-state index contributed by atoms with van der Waals surface area (Å²) in [7, 11) is 0. The highest BCUT2D eigenvalue weighted by molar-refractivity contribution is 5.25. The summed E-state index contributed by atoms with van der Waals surface area (Å²) in [6.07, 6.45) is 2.02. The second-order valence-electron chi connectivity index (χ2n) is 3.52. The number of benzene rings is 1. The molecule has 2 nitrogen and oxygen atoms in total. The second-order valence-corrected chi connectivity index (χ2v) is 3.52. The zero-order chi connectivity index (χ0) is 8.60. The second kappa shape index (κ2) is 2.34. The van der Waals surface area contributed by atoms with Gasteiger partial charge in [-0.1, -0.05) is 18.2 Å². The Bertz CT molecular complexity index is 404. The monoisotopic (exact) mass is 160 g/mol. The molecule has 1 aliphatic rings. The van der Waals surface area contributed by atoms with Crippen molar-refractivity contribution in [3.05, 3.63) is 34.8 Å². The third kappa shape index (κ3) is 1.20. The van der Waals surface area contributed by atoms with Crippen LogP contribution in [0.15, 0.2) is 29.3 Å². The zero-order valence-electron chi connectivity index (χ0n) is 7.33. The molecule has 0 spiro atoms. The van der Waals surface area contributed by atoms with Crippen molar-refractivity contribution in [1.29, 1.82) is 0 Å². The quantitative estimate of drug-likeness (QED) is 0.583.